The molecule has 2 saturated carbocycles. The molecule has 0 bridgehead atoms. The first-order valence-electron chi connectivity index (χ1n) is 8.44. The number of carbonyl (C=O) groups is 2. The fourth-order valence-electron chi connectivity index (χ4n) is 4.47. The number of carboxylic acid groups (broad SMARTS) is 1. The summed E-state index contributed by atoms with van der Waals surface area (Å²) in [7, 11) is -1.33. The summed E-state index contributed by atoms with van der Waals surface area (Å²) in [6.07, 6.45) is 5.50. The van der Waals surface area contributed by atoms with E-state index in [1.165, 1.54) is 4.90 Å². The van der Waals surface area contributed by atoms with Crippen LogP contribution in [0.4, 0.5) is 0 Å². The van der Waals surface area contributed by atoms with Crippen LogP contribution in [0.25, 0.3) is 0 Å². The van der Waals surface area contributed by atoms with Crippen LogP contribution in [-0.2, 0) is 19.4 Å². The molecule has 3 fully saturated rings. The maximum Gasteiger partial charge on any atom is 0.329 e. The molecule has 7 heteroatoms. The van der Waals surface area contributed by atoms with Gasteiger partial charge in [-0.05, 0) is 37.5 Å². The minimum absolute atomic E-state index is 0.103. The molecule has 130 valence electrons. The Morgan fingerprint density at radius 3 is 2.13 bits per heavy atom. The Morgan fingerprint density at radius 1 is 1.04 bits per heavy atom. The van der Waals surface area contributed by atoms with E-state index < -0.39 is 21.3 Å². The summed E-state index contributed by atoms with van der Waals surface area (Å²) in [5.41, 5.74) is -1.26. The molecule has 1 aliphatic heterocycles. The highest BCUT2D eigenvalue weighted by molar-refractivity contribution is 7.91. The number of rotatable bonds is 3. The molecule has 3 rings (SSSR count). The van der Waals surface area contributed by atoms with Gasteiger partial charge in [-0.15, -0.1) is 0 Å². The molecule has 1 heterocycles. The van der Waals surface area contributed by atoms with E-state index in [0.717, 1.165) is 19.3 Å². The Bertz CT molecular complexity index is 606. The predicted octanol–water partition coefficient (Wildman–Crippen LogP) is 1.45. The zero-order valence-corrected chi connectivity index (χ0v) is 14.4. The second kappa shape index (κ2) is 5.46. The molecule has 3 aliphatic rings. The molecule has 1 spiro atoms. The van der Waals surface area contributed by atoms with E-state index in [9.17, 15) is 23.1 Å². The summed E-state index contributed by atoms with van der Waals surface area (Å²) in [6.45, 7) is 0. The van der Waals surface area contributed by atoms with Crippen molar-refractivity contribution in [2.75, 3.05) is 18.6 Å². The molecule has 0 aromatic carbocycles. The van der Waals surface area contributed by atoms with Gasteiger partial charge in [0.2, 0.25) is 5.91 Å². The van der Waals surface area contributed by atoms with Crippen molar-refractivity contribution in [1.82, 2.24) is 4.90 Å². The van der Waals surface area contributed by atoms with Crippen LogP contribution < -0.4 is 0 Å². The van der Waals surface area contributed by atoms with E-state index in [1.54, 1.807) is 7.05 Å². The van der Waals surface area contributed by atoms with Crippen LogP contribution in [0.5, 0.6) is 0 Å². The molecule has 2 aliphatic carbocycles. The number of hydrogen-bond acceptors (Lipinski definition) is 4. The number of aliphatic carboxylic acids is 1. The highest BCUT2D eigenvalue weighted by Gasteiger charge is 2.61. The van der Waals surface area contributed by atoms with Gasteiger partial charge in [-0.3, -0.25) is 4.79 Å². The minimum atomic E-state index is -2.95. The lowest BCUT2D eigenvalue weighted by Gasteiger charge is -2.41. The summed E-state index contributed by atoms with van der Waals surface area (Å²) in [6, 6.07) is 0. The number of nitrogens with zero attached hydrogens (tertiary/aromatic N) is 1. The summed E-state index contributed by atoms with van der Waals surface area (Å²) >= 11 is 0. The third kappa shape index (κ3) is 2.77. The van der Waals surface area contributed by atoms with Crippen LogP contribution in [0.2, 0.25) is 0 Å². The Hall–Kier alpha value is -1.11. The second-order valence-electron chi connectivity index (χ2n) is 7.57. The fourth-order valence-corrected chi connectivity index (χ4v) is 6.11. The molecular weight excluding hydrogens is 318 g/mol. The lowest BCUT2D eigenvalue weighted by molar-refractivity contribution is -0.161. The maximum atomic E-state index is 12.9. The van der Waals surface area contributed by atoms with Gasteiger partial charge in [0.25, 0.3) is 0 Å². The van der Waals surface area contributed by atoms with Gasteiger partial charge in [-0.1, -0.05) is 19.3 Å². The largest absolute Gasteiger partial charge is 0.479 e. The molecule has 1 saturated heterocycles. The van der Waals surface area contributed by atoms with E-state index in [2.05, 4.69) is 0 Å². The number of amides is 1. The SMILES string of the molecule is CN(C(=O)C1CC12CCS(=O)(=O)CC2)C1(C(=O)O)CCCCC1. The van der Waals surface area contributed by atoms with Crippen molar-refractivity contribution >= 4 is 21.7 Å². The van der Waals surface area contributed by atoms with Crippen molar-refractivity contribution in [3.63, 3.8) is 0 Å². The second-order valence-corrected chi connectivity index (χ2v) is 9.87. The molecule has 0 aromatic heterocycles. The smallest absolute Gasteiger partial charge is 0.329 e. The number of carbonyl (C=O) groups excluding carboxylic acids is 1. The lowest BCUT2D eigenvalue weighted by atomic mass is 9.80. The van der Waals surface area contributed by atoms with Gasteiger partial charge in [0, 0.05) is 13.0 Å². The van der Waals surface area contributed by atoms with Gasteiger partial charge in [-0.2, -0.15) is 0 Å². The molecule has 1 atom stereocenters. The van der Waals surface area contributed by atoms with Crippen molar-refractivity contribution in [3.05, 3.63) is 0 Å². The van der Waals surface area contributed by atoms with Gasteiger partial charge in [0.05, 0.1) is 11.5 Å². The van der Waals surface area contributed by atoms with Crippen LogP contribution >= 0.6 is 0 Å². The molecule has 0 aromatic rings. The van der Waals surface area contributed by atoms with Crippen molar-refractivity contribution < 1.29 is 23.1 Å². The predicted molar refractivity (Wildman–Crippen MR) is 84.6 cm³/mol. The molecule has 1 N–H and O–H groups in total. The third-order valence-electron chi connectivity index (χ3n) is 6.36. The standard InChI is InChI=1S/C16H25NO5S/c1-17(16(14(19)20)5-3-2-4-6-16)13(18)12-11-15(12)7-9-23(21,22)10-8-15/h12H,2-11H2,1H3,(H,19,20). The monoisotopic (exact) mass is 343 g/mol. The van der Waals surface area contributed by atoms with Crippen LogP contribution in [0.1, 0.15) is 51.4 Å². The quantitative estimate of drug-likeness (QED) is 0.837. The summed E-state index contributed by atoms with van der Waals surface area (Å²) in [5.74, 6) is -0.890. The highest BCUT2D eigenvalue weighted by atomic mass is 32.2. The average Bonchev–Trinajstić information content (AvgIpc) is 3.24. The number of carboxylic acids is 1. The highest BCUT2D eigenvalue weighted by Crippen LogP contribution is 2.60. The van der Waals surface area contributed by atoms with Crippen molar-refractivity contribution in [1.29, 1.82) is 0 Å². The summed E-state index contributed by atoms with van der Waals surface area (Å²) < 4.78 is 23.2. The Balaban J connectivity index is 1.72. The number of hydrogen-bond donors (Lipinski definition) is 1. The third-order valence-corrected chi connectivity index (χ3v) is 8.01. The lowest BCUT2D eigenvalue weighted by Crippen LogP contribution is -2.57. The Kier molecular flexibility index (Phi) is 3.98. The van der Waals surface area contributed by atoms with Gasteiger partial charge in [0.15, 0.2) is 0 Å². The first-order chi connectivity index (χ1) is 10.7. The van der Waals surface area contributed by atoms with E-state index >= 15 is 0 Å². The van der Waals surface area contributed by atoms with Crippen LogP contribution in [0.3, 0.4) is 0 Å². The molecule has 23 heavy (non-hydrogen) atoms. The number of likely N-dealkylation sites (N-methyl/N-ethyl adjacent to an activating group) is 1. The maximum absolute atomic E-state index is 12.9. The number of sulfone groups is 1. The molecule has 0 radical (unpaired) electrons. The first kappa shape index (κ1) is 16.7. The molecule has 6 nitrogen and oxygen atoms in total. The molecule has 1 amide bonds. The average molecular weight is 343 g/mol. The van der Waals surface area contributed by atoms with Gasteiger partial charge in [-0.25, -0.2) is 13.2 Å². The van der Waals surface area contributed by atoms with Gasteiger partial charge in [0.1, 0.15) is 15.4 Å². The van der Waals surface area contributed by atoms with Crippen molar-refractivity contribution in [2.45, 2.75) is 56.9 Å². The van der Waals surface area contributed by atoms with E-state index in [4.69, 9.17) is 0 Å². The fraction of sp³-hybridized carbons (Fsp3) is 0.875. The van der Waals surface area contributed by atoms with E-state index in [-0.39, 0.29) is 28.7 Å². The van der Waals surface area contributed by atoms with Crippen molar-refractivity contribution in [3.8, 4) is 0 Å². The van der Waals surface area contributed by atoms with E-state index in [0.29, 0.717) is 32.1 Å². The molecule has 1 unspecified atom stereocenters. The Labute approximate surface area is 137 Å². The van der Waals surface area contributed by atoms with Crippen LogP contribution in [0.15, 0.2) is 0 Å². The summed E-state index contributed by atoms with van der Waals surface area (Å²) in [4.78, 5) is 26.2. The van der Waals surface area contributed by atoms with Crippen LogP contribution in [-0.4, -0.2) is 54.4 Å². The topological polar surface area (TPSA) is 91.8 Å². The minimum Gasteiger partial charge on any atom is -0.479 e. The Morgan fingerprint density at radius 2 is 1.61 bits per heavy atom. The van der Waals surface area contributed by atoms with Gasteiger partial charge >= 0.3 is 5.97 Å². The van der Waals surface area contributed by atoms with Crippen molar-refractivity contribution in [2.24, 2.45) is 11.3 Å². The molecular formula is C16H25NO5S. The summed E-state index contributed by atoms with van der Waals surface area (Å²) in [5, 5.41) is 9.71. The normalized spacial score (nSPS) is 30.6. The zero-order chi connectivity index (χ0) is 16.9. The van der Waals surface area contributed by atoms with Crippen LogP contribution in [0, 0.1) is 11.3 Å². The first-order valence-corrected chi connectivity index (χ1v) is 10.3. The zero-order valence-electron chi connectivity index (χ0n) is 13.6. The van der Waals surface area contributed by atoms with Gasteiger partial charge < -0.3 is 10.0 Å². The van der Waals surface area contributed by atoms with E-state index in [1.807, 2.05) is 0 Å².